The zero-order valence-electron chi connectivity index (χ0n) is 15.9. The lowest BCUT2D eigenvalue weighted by molar-refractivity contribution is -0.0601. The minimum absolute atomic E-state index is 0.195. The molecule has 0 spiro atoms. The van der Waals surface area contributed by atoms with E-state index in [2.05, 4.69) is 76.2 Å². The van der Waals surface area contributed by atoms with E-state index in [0.29, 0.717) is 0 Å². The van der Waals surface area contributed by atoms with E-state index < -0.39 is 0 Å². The first-order valence-electron chi connectivity index (χ1n) is 9.64. The van der Waals surface area contributed by atoms with Gasteiger partial charge in [-0.2, -0.15) is 0 Å². The van der Waals surface area contributed by atoms with Crippen LogP contribution in [0, 0.1) is 0 Å². The minimum atomic E-state index is -0.273. The first-order chi connectivity index (χ1) is 12.1. The summed E-state index contributed by atoms with van der Waals surface area (Å²) in [6, 6.07) is 19.1. The van der Waals surface area contributed by atoms with Crippen molar-refractivity contribution in [2.45, 2.75) is 64.6 Å². The summed E-state index contributed by atoms with van der Waals surface area (Å²) >= 11 is 0. The van der Waals surface area contributed by atoms with Crippen LogP contribution in [-0.4, -0.2) is 18.3 Å². The van der Waals surface area contributed by atoms with Crippen molar-refractivity contribution in [2.24, 2.45) is 0 Å². The van der Waals surface area contributed by atoms with Gasteiger partial charge in [0.2, 0.25) is 0 Å². The van der Waals surface area contributed by atoms with Gasteiger partial charge in [0.05, 0.1) is 11.2 Å². The molecule has 1 aliphatic rings. The highest BCUT2D eigenvalue weighted by Gasteiger charge is 2.58. The Morgan fingerprint density at radius 3 is 1.52 bits per heavy atom. The Hall–Kier alpha value is -1.58. The molecule has 0 aromatic heterocycles. The van der Waals surface area contributed by atoms with Gasteiger partial charge in [-0.1, -0.05) is 82.3 Å². The summed E-state index contributed by atoms with van der Waals surface area (Å²) in [5, 5.41) is 0. The fourth-order valence-corrected chi connectivity index (χ4v) is 4.37. The Bertz CT molecular complexity index is 653. The van der Waals surface area contributed by atoms with Crippen LogP contribution in [0.15, 0.2) is 54.6 Å². The summed E-state index contributed by atoms with van der Waals surface area (Å²) in [4.78, 5) is 0. The van der Waals surface area contributed by atoms with Crippen LogP contribution in [0.4, 0.5) is 0 Å². The SMILES string of the molecule is CCC1(CC)OB(c2ccc(-c3ccccc3)cc2)OC1(CC)CC. The molecule has 1 heterocycles. The van der Waals surface area contributed by atoms with E-state index in [1.807, 2.05) is 6.07 Å². The summed E-state index contributed by atoms with van der Waals surface area (Å²) in [6.45, 7) is 8.86. The van der Waals surface area contributed by atoms with Gasteiger partial charge in [0.15, 0.2) is 0 Å². The minimum Gasteiger partial charge on any atom is -0.399 e. The van der Waals surface area contributed by atoms with Crippen LogP contribution in [0.25, 0.3) is 11.1 Å². The Balaban J connectivity index is 1.88. The van der Waals surface area contributed by atoms with Crippen LogP contribution in [0.1, 0.15) is 53.4 Å². The van der Waals surface area contributed by atoms with Gasteiger partial charge < -0.3 is 9.31 Å². The molecule has 1 saturated heterocycles. The van der Waals surface area contributed by atoms with E-state index in [1.54, 1.807) is 0 Å². The molecule has 3 rings (SSSR count). The second-order valence-corrected chi connectivity index (χ2v) is 6.96. The summed E-state index contributed by atoms with van der Waals surface area (Å²) < 4.78 is 13.1. The topological polar surface area (TPSA) is 18.5 Å². The van der Waals surface area contributed by atoms with Gasteiger partial charge in [-0.3, -0.25) is 0 Å². The lowest BCUT2D eigenvalue weighted by Crippen LogP contribution is -2.50. The molecule has 0 unspecified atom stereocenters. The maximum absolute atomic E-state index is 6.55. The van der Waals surface area contributed by atoms with Crippen LogP contribution in [0.3, 0.4) is 0 Å². The van der Waals surface area contributed by atoms with Crippen molar-refractivity contribution in [1.82, 2.24) is 0 Å². The molecule has 132 valence electrons. The zero-order valence-corrected chi connectivity index (χ0v) is 15.9. The molecule has 2 aromatic carbocycles. The molecule has 0 bridgehead atoms. The Kier molecular flexibility index (Phi) is 5.36. The Morgan fingerprint density at radius 1 is 0.640 bits per heavy atom. The quantitative estimate of drug-likeness (QED) is 0.674. The van der Waals surface area contributed by atoms with Crippen molar-refractivity contribution in [3.05, 3.63) is 54.6 Å². The number of benzene rings is 2. The van der Waals surface area contributed by atoms with Crippen LogP contribution < -0.4 is 5.46 Å². The average Bonchev–Trinajstić information content (AvgIpc) is 3.04. The van der Waals surface area contributed by atoms with Gasteiger partial charge in [0.1, 0.15) is 0 Å². The zero-order chi connectivity index (χ0) is 17.9. The summed E-state index contributed by atoms with van der Waals surface area (Å²) in [6.07, 6.45) is 3.90. The van der Waals surface area contributed by atoms with E-state index >= 15 is 0 Å². The lowest BCUT2D eigenvalue weighted by Gasteiger charge is -2.42. The predicted octanol–water partition coefficient (Wildman–Crippen LogP) is 5.21. The molecule has 25 heavy (non-hydrogen) atoms. The molecule has 0 radical (unpaired) electrons. The van der Waals surface area contributed by atoms with Crippen molar-refractivity contribution in [3.63, 3.8) is 0 Å². The molecule has 0 atom stereocenters. The van der Waals surface area contributed by atoms with E-state index in [9.17, 15) is 0 Å². The number of hydrogen-bond acceptors (Lipinski definition) is 2. The third-order valence-electron chi connectivity index (χ3n) is 6.07. The lowest BCUT2D eigenvalue weighted by atomic mass is 9.75. The highest BCUT2D eigenvalue weighted by molar-refractivity contribution is 6.62. The van der Waals surface area contributed by atoms with Crippen LogP contribution in [-0.2, 0) is 9.31 Å². The maximum atomic E-state index is 6.55. The normalized spacial score (nSPS) is 18.5. The van der Waals surface area contributed by atoms with Crippen molar-refractivity contribution < 1.29 is 9.31 Å². The standard InChI is InChI=1S/C22H29BO2/c1-5-21(6-2)22(7-3,8-4)25-23(24-21)20-16-14-19(15-17-20)18-12-10-9-11-13-18/h9-17H,5-8H2,1-4H3. The van der Waals surface area contributed by atoms with Gasteiger partial charge in [-0.05, 0) is 42.3 Å². The fraction of sp³-hybridized carbons (Fsp3) is 0.455. The molecule has 3 heteroatoms. The first kappa shape index (κ1) is 18.2. The molecule has 0 N–H and O–H groups in total. The van der Waals surface area contributed by atoms with Crippen LogP contribution in [0.5, 0.6) is 0 Å². The van der Waals surface area contributed by atoms with Gasteiger partial charge in [-0.15, -0.1) is 0 Å². The fourth-order valence-electron chi connectivity index (χ4n) is 4.37. The van der Waals surface area contributed by atoms with E-state index in [0.717, 1.165) is 31.1 Å². The molecule has 1 aliphatic heterocycles. The van der Waals surface area contributed by atoms with Gasteiger partial charge >= 0.3 is 7.12 Å². The maximum Gasteiger partial charge on any atom is 0.494 e. The Labute approximate surface area is 152 Å². The van der Waals surface area contributed by atoms with Gasteiger partial charge in [0.25, 0.3) is 0 Å². The van der Waals surface area contributed by atoms with Gasteiger partial charge in [-0.25, -0.2) is 0 Å². The summed E-state index contributed by atoms with van der Waals surface area (Å²) in [7, 11) is -0.273. The third-order valence-corrected chi connectivity index (χ3v) is 6.07. The third kappa shape index (κ3) is 3.05. The van der Waals surface area contributed by atoms with Crippen molar-refractivity contribution in [1.29, 1.82) is 0 Å². The molecule has 0 aliphatic carbocycles. The van der Waals surface area contributed by atoms with Crippen molar-refractivity contribution in [3.8, 4) is 11.1 Å². The second-order valence-electron chi connectivity index (χ2n) is 6.96. The molecule has 1 fully saturated rings. The second kappa shape index (κ2) is 7.35. The molecule has 0 amide bonds. The number of hydrogen-bond donors (Lipinski definition) is 0. The summed E-state index contributed by atoms with van der Waals surface area (Å²) in [5.74, 6) is 0. The molecular formula is C22H29BO2. The Morgan fingerprint density at radius 2 is 1.08 bits per heavy atom. The van der Waals surface area contributed by atoms with Gasteiger partial charge in [0, 0.05) is 0 Å². The smallest absolute Gasteiger partial charge is 0.399 e. The van der Waals surface area contributed by atoms with Crippen LogP contribution in [0.2, 0.25) is 0 Å². The summed E-state index contributed by atoms with van der Waals surface area (Å²) in [5.41, 5.74) is 3.17. The van der Waals surface area contributed by atoms with E-state index in [1.165, 1.54) is 11.1 Å². The van der Waals surface area contributed by atoms with E-state index in [4.69, 9.17) is 9.31 Å². The van der Waals surface area contributed by atoms with Crippen molar-refractivity contribution in [2.75, 3.05) is 0 Å². The van der Waals surface area contributed by atoms with Crippen molar-refractivity contribution >= 4 is 12.6 Å². The molecular weight excluding hydrogens is 307 g/mol. The molecule has 2 aromatic rings. The van der Waals surface area contributed by atoms with Crippen LogP contribution >= 0.6 is 0 Å². The highest BCUT2D eigenvalue weighted by Crippen LogP contribution is 2.46. The highest BCUT2D eigenvalue weighted by atomic mass is 16.7. The largest absolute Gasteiger partial charge is 0.494 e. The predicted molar refractivity (Wildman–Crippen MR) is 106 cm³/mol. The first-order valence-corrected chi connectivity index (χ1v) is 9.64. The monoisotopic (exact) mass is 336 g/mol. The average molecular weight is 336 g/mol. The number of rotatable bonds is 6. The molecule has 0 saturated carbocycles. The van der Waals surface area contributed by atoms with E-state index in [-0.39, 0.29) is 18.3 Å². The molecule has 2 nitrogen and oxygen atoms in total.